The van der Waals surface area contributed by atoms with Crippen LogP contribution in [0.1, 0.15) is 39.4 Å². The fraction of sp³-hybridized carbons (Fsp3) is 0.296. The molecular formula is C27H27ClN3O3+. The number of fused-ring (bicyclic) bond motifs is 3. The number of hydrogen-bond donors (Lipinski definition) is 0. The van der Waals surface area contributed by atoms with Gasteiger partial charge in [0.2, 0.25) is 0 Å². The minimum absolute atomic E-state index is 0.0466. The summed E-state index contributed by atoms with van der Waals surface area (Å²) in [4.78, 5) is 26.3. The fourth-order valence-corrected chi connectivity index (χ4v) is 5.87. The highest BCUT2D eigenvalue weighted by molar-refractivity contribution is 6.34. The molecule has 3 aromatic rings. The number of nitro groups is 1. The number of halogens is 1. The van der Waals surface area contributed by atoms with Crippen LogP contribution in [0.2, 0.25) is 5.02 Å². The van der Waals surface area contributed by atoms with E-state index in [0.717, 1.165) is 41.8 Å². The lowest BCUT2D eigenvalue weighted by Gasteiger charge is -2.44. The first-order chi connectivity index (χ1) is 16.3. The second kappa shape index (κ2) is 8.53. The SMILES string of the molecule is Cc1ccc2c(c1)[C@@H]1C[N@+](C)(Cc3ccc([N+](=O)[O-])cc3)CC[C@@H]1N2C(=O)c1ccccc1Cl. The number of likely N-dealkylation sites (tertiary alicyclic amines) is 1. The lowest BCUT2D eigenvalue weighted by atomic mass is 9.87. The minimum atomic E-state index is -0.367. The Balaban J connectivity index is 1.46. The molecule has 2 aliphatic heterocycles. The van der Waals surface area contributed by atoms with Gasteiger partial charge in [0.15, 0.2) is 0 Å². The molecule has 1 fully saturated rings. The molecule has 0 N–H and O–H groups in total. The molecule has 7 heteroatoms. The van der Waals surface area contributed by atoms with Crippen molar-refractivity contribution in [1.29, 1.82) is 0 Å². The number of hydrogen-bond acceptors (Lipinski definition) is 3. The number of anilines is 1. The molecule has 0 radical (unpaired) electrons. The predicted molar refractivity (Wildman–Crippen MR) is 133 cm³/mol. The summed E-state index contributed by atoms with van der Waals surface area (Å²) in [7, 11) is 2.24. The Morgan fingerprint density at radius 3 is 2.59 bits per heavy atom. The molecule has 5 rings (SSSR count). The molecule has 0 unspecified atom stereocenters. The Hall–Kier alpha value is -3.22. The van der Waals surface area contributed by atoms with Gasteiger partial charge in [-0.3, -0.25) is 14.9 Å². The highest BCUT2D eigenvalue weighted by Crippen LogP contribution is 2.47. The van der Waals surface area contributed by atoms with E-state index in [9.17, 15) is 14.9 Å². The normalized spacial score (nSPS) is 23.3. The zero-order valence-electron chi connectivity index (χ0n) is 19.3. The number of nitro benzene ring substituents is 1. The number of carbonyl (C=O) groups is 1. The maximum absolute atomic E-state index is 13.7. The molecule has 0 bridgehead atoms. The number of piperidine rings is 1. The van der Waals surface area contributed by atoms with E-state index in [2.05, 4.69) is 32.2 Å². The van der Waals surface area contributed by atoms with Gasteiger partial charge in [-0.25, -0.2) is 0 Å². The van der Waals surface area contributed by atoms with Gasteiger partial charge in [0, 0.05) is 29.8 Å². The average molecular weight is 477 g/mol. The van der Waals surface area contributed by atoms with Crippen LogP contribution >= 0.6 is 11.6 Å². The van der Waals surface area contributed by atoms with Crippen LogP contribution in [0, 0.1) is 17.0 Å². The second-order valence-electron chi connectivity index (χ2n) is 9.79. The molecule has 2 heterocycles. The Morgan fingerprint density at radius 2 is 1.88 bits per heavy atom. The fourth-order valence-electron chi connectivity index (χ4n) is 5.65. The number of carbonyl (C=O) groups excluding carboxylic acids is 1. The Labute approximate surface area is 204 Å². The third-order valence-electron chi connectivity index (χ3n) is 7.27. The van der Waals surface area contributed by atoms with Crippen LogP contribution in [0.3, 0.4) is 0 Å². The van der Waals surface area contributed by atoms with E-state index in [-0.39, 0.29) is 28.5 Å². The Bertz CT molecular complexity index is 1280. The largest absolute Gasteiger partial charge is 0.322 e. The van der Waals surface area contributed by atoms with Crippen LogP contribution in [0.25, 0.3) is 0 Å². The minimum Gasteiger partial charge on any atom is -0.322 e. The van der Waals surface area contributed by atoms with Gasteiger partial charge in [0.25, 0.3) is 11.6 Å². The van der Waals surface area contributed by atoms with Gasteiger partial charge < -0.3 is 9.38 Å². The van der Waals surface area contributed by atoms with Gasteiger partial charge in [0.05, 0.1) is 47.6 Å². The average Bonchev–Trinajstić information content (AvgIpc) is 3.11. The van der Waals surface area contributed by atoms with Crippen molar-refractivity contribution in [3.63, 3.8) is 0 Å². The highest BCUT2D eigenvalue weighted by Gasteiger charge is 2.49. The van der Waals surface area contributed by atoms with Crippen molar-refractivity contribution in [3.8, 4) is 0 Å². The summed E-state index contributed by atoms with van der Waals surface area (Å²) in [6.07, 6.45) is 0.873. The van der Waals surface area contributed by atoms with Crippen LogP contribution in [-0.2, 0) is 6.54 Å². The molecule has 0 aliphatic carbocycles. The van der Waals surface area contributed by atoms with Crippen molar-refractivity contribution in [2.45, 2.75) is 31.8 Å². The highest BCUT2D eigenvalue weighted by atomic mass is 35.5. The van der Waals surface area contributed by atoms with Crippen molar-refractivity contribution < 1.29 is 14.2 Å². The lowest BCUT2D eigenvalue weighted by Crippen LogP contribution is -2.56. The number of aryl methyl sites for hydroxylation is 1. The second-order valence-corrected chi connectivity index (χ2v) is 10.2. The maximum atomic E-state index is 13.7. The summed E-state index contributed by atoms with van der Waals surface area (Å²) in [5.74, 6) is 0.174. The van der Waals surface area contributed by atoms with Gasteiger partial charge in [0.1, 0.15) is 6.54 Å². The van der Waals surface area contributed by atoms with Crippen molar-refractivity contribution in [3.05, 3.63) is 104 Å². The van der Waals surface area contributed by atoms with Gasteiger partial charge >= 0.3 is 0 Å². The Morgan fingerprint density at radius 1 is 1.15 bits per heavy atom. The van der Waals surface area contributed by atoms with E-state index < -0.39 is 0 Å². The Kier molecular flexibility index (Phi) is 5.66. The van der Waals surface area contributed by atoms with Crippen molar-refractivity contribution in [1.82, 2.24) is 0 Å². The molecule has 2 aliphatic rings. The van der Waals surface area contributed by atoms with Crippen LogP contribution in [0.5, 0.6) is 0 Å². The summed E-state index contributed by atoms with van der Waals surface area (Å²) in [5.41, 5.74) is 5.11. The van der Waals surface area contributed by atoms with Crippen molar-refractivity contribution in [2.75, 3.05) is 25.0 Å². The third-order valence-corrected chi connectivity index (χ3v) is 7.60. The van der Waals surface area contributed by atoms with Gasteiger partial charge in [-0.15, -0.1) is 0 Å². The summed E-state index contributed by atoms with van der Waals surface area (Å²) < 4.78 is 0.820. The molecule has 6 nitrogen and oxygen atoms in total. The number of nitrogens with zero attached hydrogens (tertiary/aromatic N) is 3. The molecule has 0 saturated carbocycles. The summed E-state index contributed by atoms with van der Waals surface area (Å²) in [6.45, 7) is 4.68. The van der Waals surface area contributed by atoms with E-state index in [1.165, 1.54) is 11.1 Å². The van der Waals surface area contributed by atoms with Crippen molar-refractivity contribution >= 4 is 28.9 Å². The van der Waals surface area contributed by atoms with E-state index in [1.54, 1.807) is 24.3 Å². The number of amides is 1. The predicted octanol–water partition coefficient (Wildman–Crippen LogP) is 5.72. The molecule has 174 valence electrons. The molecule has 1 amide bonds. The summed E-state index contributed by atoms with van der Waals surface area (Å²) >= 11 is 6.40. The smallest absolute Gasteiger partial charge is 0.269 e. The maximum Gasteiger partial charge on any atom is 0.269 e. The van der Waals surface area contributed by atoms with E-state index in [0.29, 0.717) is 10.6 Å². The summed E-state index contributed by atoms with van der Waals surface area (Å²) in [5, 5.41) is 11.5. The van der Waals surface area contributed by atoms with Gasteiger partial charge in [-0.2, -0.15) is 0 Å². The number of quaternary nitrogens is 1. The molecule has 0 aromatic heterocycles. The lowest BCUT2D eigenvalue weighted by molar-refractivity contribution is -0.928. The first-order valence-electron chi connectivity index (χ1n) is 11.5. The van der Waals surface area contributed by atoms with Crippen LogP contribution in [0.4, 0.5) is 11.4 Å². The third kappa shape index (κ3) is 3.97. The molecule has 0 spiro atoms. The topological polar surface area (TPSA) is 63.5 Å². The monoisotopic (exact) mass is 476 g/mol. The quantitative estimate of drug-likeness (QED) is 0.275. The number of benzene rings is 3. The van der Waals surface area contributed by atoms with Crippen LogP contribution in [-0.4, -0.2) is 41.5 Å². The standard InChI is InChI=1S/C27H27ClN3O3/c1-18-7-12-25-22(15-18)23-17-31(2,16-19-8-10-20(11-9-19)30(33)34)14-13-26(23)29(25)27(32)21-5-3-4-6-24(21)28/h3-12,15,23,26H,13-14,16-17H2,1-2H3/q+1/t23-,26-,31-/m0/s1. The van der Waals surface area contributed by atoms with Gasteiger partial charge in [-0.05, 0) is 42.8 Å². The van der Waals surface area contributed by atoms with E-state index in [4.69, 9.17) is 11.6 Å². The van der Waals surface area contributed by atoms with Crippen LogP contribution < -0.4 is 4.90 Å². The molecule has 3 aromatic carbocycles. The van der Waals surface area contributed by atoms with E-state index in [1.807, 2.05) is 29.2 Å². The first kappa shape index (κ1) is 22.6. The zero-order valence-corrected chi connectivity index (χ0v) is 20.0. The van der Waals surface area contributed by atoms with Crippen molar-refractivity contribution in [2.24, 2.45) is 0 Å². The first-order valence-corrected chi connectivity index (χ1v) is 11.9. The zero-order chi connectivity index (χ0) is 24.0. The number of non-ortho nitro benzene ring substituents is 1. The number of likely N-dealkylation sites (N-methyl/N-ethyl adjacent to an activating group) is 1. The molecule has 34 heavy (non-hydrogen) atoms. The molecule has 3 atom stereocenters. The van der Waals surface area contributed by atoms with E-state index >= 15 is 0 Å². The molecule has 1 saturated heterocycles. The number of rotatable bonds is 4. The molecular weight excluding hydrogens is 450 g/mol. The van der Waals surface area contributed by atoms with Crippen LogP contribution in [0.15, 0.2) is 66.7 Å². The summed E-state index contributed by atoms with van der Waals surface area (Å²) in [6, 6.07) is 20.5. The van der Waals surface area contributed by atoms with Gasteiger partial charge in [-0.1, -0.05) is 41.4 Å².